The summed E-state index contributed by atoms with van der Waals surface area (Å²) in [6.45, 7) is 2.11. The molecule has 0 N–H and O–H groups in total. The van der Waals surface area contributed by atoms with Crippen molar-refractivity contribution in [1.29, 1.82) is 0 Å². The summed E-state index contributed by atoms with van der Waals surface area (Å²) >= 11 is 1.94. The Morgan fingerprint density at radius 1 is 0.589 bits per heavy atom. The average molecular weight is 738 g/mol. The minimum Gasteiger partial charge on any atom is -0.308 e. The summed E-state index contributed by atoms with van der Waals surface area (Å²) in [4.78, 5) is 2.55. The van der Waals surface area contributed by atoms with Gasteiger partial charge in [-0.1, -0.05) is 165 Å². The van der Waals surface area contributed by atoms with Crippen LogP contribution in [0.15, 0.2) is 188 Å². The van der Waals surface area contributed by atoms with Crippen LogP contribution in [0.25, 0.3) is 31.3 Å². The van der Waals surface area contributed by atoms with Crippen molar-refractivity contribution in [2.45, 2.75) is 49.9 Å². The highest BCUT2D eigenvalue weighted by Crippen LogP contribution is 2.60. The quantitative estimate of drug-likeness (QED) is 0.164. The molecule has 11 rings (SSSR count). The lowest BCUT2D eigenvalue weighted by atomic mass is 9.67. The van der Waals surface area contributed by atoms with Crippen LogP contribution in [0.4, 0.5) is 17.1 Å². The average Bonchev–Trinajstić information content (AvgIpc) is 4.04. The number of hydrogen-bond acceptors (Lipinski definition) is 2. The first kappa shape index (κ1) is 33.4. The molecule has 7 aromatic carbocycles. The molecule has 270 valence electrons. The topological polar surface area (TPSA) is 3.24 Å². The van der Waals surface area contributed by atoms with Crippen molar-refractivity contribution < 1.29 is 0 Å². The first-order chi connectivity index (χ1) is 27.7. The number of thiophene rings is 1. The van der Waals surface area contributed by atoms with Crippen molar-refractivity contribution in [2.75, 3.05) is 4.90 Å². The van der Waals surface area contributed by atoms with Crippen LogP contribution in [0.1, 0.15) is 66.0 Å². The van der Waals surface area contributed by atoms with Crippen molar-refractivity contribution in [3.8, 4) is 11.1 Å². The molecule has 0 amide bonds. The van der Waals surface area contributed by atoms with Crippen LogP contribution in [0, 0.1) is 0 Å². The zero-order valence-electron chi connectivity index (χ0n) is 31.7. The van der Waals surface area contributed by atoms with Crippen LogP contribution < -0.4 is 4.90 Å². The summed E-state index contributed by atoms with van der Waals surface area (Å²) in [7, 11) is 0. The van der Waals surface area contributed by atoms with Gasteiger partial charge in [0, 0.05) is 32.1 Å². The van der Waals surface area contributed by atoms with Gasteiger partial charge in [0.25, 0.3) is 0 Å². The third-order valence-electron chi connectivity index (χ3n) is 13.1. The first-order valence-electron chi connectivity index (χ1n) is 20.2. The molecule has 8 aromatic rings. The molecule has 1 spiro atoms. The lowest BCUT2D eigenvalue weighted by molar-refractivity contribution is 0.550. The molecule has 1 fully saturated rings. The van der Waals surface area contributed by atoms with Crippen molar-refractivity contribution in [3.63, 3.8) is 0 Å². The summed E-state index contributed by atoms with van der Waals surface area (Å²) in [6.07, 6.45) is 12.7. The minimum atomic E-state index is -0.380. The predicted molar refractivity (Wildman–Crippen MR) is 238 cm³/mol. The molecular weight excluding hydrogens is 695 g/mol. The molecule has 1 atom stereocenters. The fourth-order valence-electron chi connectivity index (χ4n) is 10.9. The number of rotatable bonds is 6. The molecule has 1 unspecified atom stereocenters. The van der Waals surface area contributed by atoms with E-state index >= 15 is 0 Å². The number of allylic oxidation sites excluding steroid dienone is 4. The Morgan fingerprint density at radius 2 is 1.29 bits per heavy atom. The summed E-state index contributed by atoms with van der Waals surface area (Å²) < 4.78 is 2.63. The molecule has 1 heterocycles. The van der Waals surface area contributed by atoms with E-state index in [1.807, 2.05) is 11.3 Å². The van der Waals surface area contributed by atoms with Gasteiger partial charge in [0.15, 0.2) is 0 Å². The Kier molecular flexibility index (Phi) is 7.79. The van der Waals surface area contributed by atoms with Gasteiger partial charge in [0.1, 0.15) is 0 Å². The molecule has 2 heteroatoms. The van der Waals surface area contributed by atoms with Crippen LogP contribution in [0.2, 0.25) is 0 Å². The molecule has 56 heavy (non-hydrogen) atoms. The van der Waals surface area contributed by atoms with Gasteiger partial charge in [0.2, 0.25) is 0 Å². The van der Waals surface area contributed by atoms with Gasteiger partial charge in [-0.05, 0) is 101 Å². The Balaban J connectivity index is 1.15. The summed E-state index contributed by atoms with van der Waals surface area (Å²) in [5.74, 6) is 0. The second-order valence-corrected chi connectivity index (χ2v) is 16.9. The SMILES string of the molecule is C/C=C\C=C1/Cc2ccccc2C1(c1ccccc1)c1ccc2c(c1)sc1c(N(c3ccccc3)c3cccc4c3-c3ccccc3C43CCCC3)cccc12. The fourth-order valence-corrected chi connectivity index (χ4v) is 12.1. The normalized spacial score (nSPS) is 18.6. The van der Waals surface area contributed by atoms with Crippen molar-refractivity contribution in [2.24, 2.45) is 0 Å². The second-order valence-electron chi connectivity index (χ2n) is 15.8. The number of hydrogen-bond donors (Lipinski definition) is 0. The van der Waals surface area contributed by atoms with Crippen LogP contribution in [-0.2, 0) is 17.3 Å². The van der Waals surface area contributed by atoms with Crippen LogP contribution in [0.3, 0.4) is 0 Å². The van der Waals surface area contributed by atoms with Crippen molar-refractivity contribution >= 4 is 48.6 Å². The van der Waals surface area contributed by atoms with Crippen LogP contribution in [-0.4, -0.2) is 0 Å². The standard InChI is InChI=1S/C54H43NS/c1-2-3-19-39-35-37-18-10-12-26-45(37)54(39,38-20-6-4-7-21-38)40-31-32-42-43-25-16-30-49(52(43)56-50(42)36-40)55(41-22-8-5-9-23-41)48-29-17-28-47-51(48)44-24-11-13-27-46(44)53(47)33-14-15-34-53/h2-13,16-32,36H,14-15,33-35H2,1H3/b3-2-,39-19+. The van der Waals surface area contributed by atoms with E-state index in [-0.39, 0.29) is 10.8 Å². The number of nitrogens with zero attached hydrogens (tertiary/aromatic N) is 1. The molecule has 0 radical (unpaired) electrons. The van der Waals surface area contributed by atoms with Gasteiger partial charge < -0.3 is 4.90 Å². The van der Waals surface area contributed by atoms with E-state index in [1.54, 1.807) is 0 Å². The third kappa shape index (κ3) is 4.72. The third-order valence-corrected chi connectivity index (χ3v) is 14.3. The highest BCUT2D eigenvalue weighted by Gasteiger charge is 2.47. The molecule has 0 aliphatic heterocycles. The maximum absolute atomic E-state index is 2.55. The molecule has 3 aliphatic carbocycles. The molecule has 0 bridgehead atoms. The molecule has 0 saturated heterocycles. The maximum Gasteiger partial charge on any atom is 0.0671 e. The Bertz CT molecular complexity index is 2850. The van der Waals surface area contributed by atoms with E-state index in [0.717, 1.165) is 6.42 Å². The zero-order valence-corrected chi connectivity index (χ0v) is 32.5. The minimum absolute atomic E-state index is 0.109. The molecular formula is C54H43NS. The van der Waals surface area contributed by atoms with E-state index < -0.39 is 0 Å². The first-order valence-corrected chi connectivity index (χ1v) is 21.0. The van der Waals surface area contributed by atoms with E-state index in [4.69, 9.17) is 0 Å². The smallest absolute Gasteiger partial charge is 0.0671 e. The predicted octanol–water partition coefficient (Wildman–Crippen LogP) is 14.8. The van der Waals surface area contributed by atoms with E-state index in [1.165, 1.54) is 113 Å². The molecule has 3 aliphatic rings. The highest BCUT2D eigenvalue weighted by atomic mass is 32.1. The van der Waals surface area contributed by atoms with Gasteiger partial charge >= 0.3 is 0 Å². The second kappa shape index (κ2) is 13.1. The van der Waals surface area contributed by atoms with E-state index in [9.17, 15) is 0 Å². The van der Waals surface area contributed by atoms with Gasteiger partial charge in [0.05, 0.1) is 21.5 Å². The number of anilines is 3. The zero-order chi connectivity index (χ0) is 37.3. The number of para-hydroxylation sites is 1. The van der Waals surface area contributed by atoms with E-state index in [0.29, 0.717) is 0 Å². The highest BCUT2D eigenvalue weighted by molar-refractivity contribution is 7.26. The molecule has 1 nitrogen and oxygen atoms in total. The van der Waals surface area contributed by atoms with Gasteiger partial charge in [-0.2, -0.15) is 0 Å². The Morgan fingerprint density at radius 3 is 2.11 bits per heavy atom. The summed E-state index contributed by atoms with van der Waals surface area (Å²) in [5, 5.41) is 2.62. The Hall–Kier alpha value is -5.96. The van der Waals surface area contributed by atoms with Gasteiger partial charge in [-0.25, -0.2) is 0 Å². The Labute approximate surface area is 333 Å². The molecule has 1 aromatic heterocycles. The monoisotopic (exact) mass is 737 g/mol. The number of benzene rings is 7. The van der Waals surface area contributed by atoms with Gasteiger partial charge in [-0.15, -0.1) is 11.3 Å². The van der Waals surface area contributed by atoms with Crippen LogP contribution >= 0.6 is 11.3 Å². The largest absolute Gasteiger partial charge is 0.308 e. The van der Waals surface area contributed by atoms with Crippen LogP contribution in [0.5, 0.6) is 0 Å². The maximum atomic E-state index is 2.55. The molecule has 1 saturated carbocycles. The lowest BCUT2D eigenvalue weighted by Crippen LogP contribution is -2.28. The summed E-state index contributed by atoms with van der Waals surface area (Å²) in [6, 6.07) is 61.9. The lowest BCUT2D eigenvalue weighted by Gasteiger charge is -2.34. The fraction of sp³-hybridized carbons (Fsp3) is 0.148. The number of fused-ring (bicyclic) bond motifs is 9. The van der Waals surface area contributed by atoms with Gasteiger partial charge in [-0.3, -0.25) is 0 Å². The summed E-state index contributed by atoms with van der Waals surface area (Å²) in [5.41, 5.74) is 16.1. The van der Waals surface area contributed by atoms with Crippen molar-refractivity contribution in [1.82, 2.24) is 0 Å². The van der Waals surface area contributed by atoms with Crippen molar-refractivity contribution in [3.05, 3.63) is 221 Å². The van der Waals surface area contributed by atoms with E-state index in [2.05, 4.69) is 194 Å².